The molecule has 0 saturated heterocycles. The fourth-order valence-electron chi connectivity index (χ4n) is 2.68. The molecule has 2 aromatic heterocycles. The quantitative estimate of drug-likeness (QED) is 0.609. The molecule has 1 amide bonds. The Kier molecular flexibility index (Phi) is 6.57. The fourth-order valence-corrected chi connectivity index (χ4v) is 2.68. The third kappa shape index (κ3) is 5.67. The van der Waals surface area contributed by atoms with Crippen LogP contribution in [0.5, 0.6) is 5.75 Å². The summed E-state index contributed by atoms with van der Waals surface area (Å²) in [6.45, 7) is 3.24. The molecule has 0 bridgehead atoms. The maximum atomic E-state index is 11.7. The van der Waals surface area contributed by atoms with Gasteiger partial charge in [-0.1, -0.05) is 31.2 Å². The number of benzene rings is 1. The predicted octanol–water partition coefficient (Wildman–Crippen LogP) is 3.51. The molecular weight excluding hydrogens is 340 g/mol. The van der Waals surface area contributed by atoms with Gasteiger partial charge in [-0.3, -0.25) is 14.9 Å². The van der Waals surface area contributed by atoms with Gasteiger partial charge in [0.1, 0.15) is 12.4 Å². The second-order valence-electron chi connectivity index (χ2n) is 6.31. The van der Waals surface area contributed by atoms with Crippen LogP contribution in [0.1, 0.15) is 30.9 Å². The van der Waals surface area contributed by atoms with Crippen molar-refractivity contribution >= 4 is 5.91 Å². The first-order valence-corrected chi connectivity index (χ1v) is 9.17. The van der Waals surface area contributed by atoms with Gasteiger partial charge in [-0.15, -0.1) is 0 Å². The number of ether oxygens (including phenoxy) is 1. The molecule has 0 saturated carbocycles. The van der Waals surface area contributed by atoms with E-state index < -0.39 is 0 Å². The molecular formula is C21H24N4O2. The molecule has 0 aliphatic rings. The number of hydrogen-bond donors (Lipinski definition) is 2. The average molecular weight is 364 g/mol. The van der Waals surface area contributed by atoms with Gasteiger partial charge in [-0.25, -0.2) is 0 Å². The highest BCUT2D eigenvalue weighted by molar-refractivity contribution is 5.76. The standard InChI is InChI=1S/C21H24N4O2/c1-2-11-22-21(26)9-6-16-4-3-5-17(13-16)15-27-18-7-8-19(23-14-18)20-10-12-24-25-20/h3-5,7-8,10,12-14H,2,6,9,11,15H2,1H3,(H,22,26)(H,24,25). The lowest BCUT2D eigenvalue weighted by molar-refractivity contribution is -0.121. The largest absolute Gasteiger partial charge is 0.487 e. The smallest absolute Gasteiger partial charge is 0.220 e. The molecule has 27 heavy (non-hydrogen) atoms. The number of carbonyl (C=O) groups is 1. The molecule has 0 spiro atoms. The first-order valence-electron chi connectivity index (χ1n) is 9.17. The molecule has 0 aliphatic carbocycles. The van der Waals surface area contributed by atoms with E-state index in [4.69, 9.17) is 4.74 Å². The number of amides is 1. The van der Waals surface area contributed by atoms with Crippen LogP contribution in [-0.4, -0.2) is 27.6 Å². The van der Waals surface area contributed by atoms with Gasteiger partial charge in [0.15, 0.2) is 0 Å². The van der Waals surface area contributed by atoms with Crippen molar-refractivity contribution in [1.29, 1.82) is 0 Å². The Hall–Kier alpha value is -3.15. The van der Waals surface area contributed by atoms with Crippen LogP contribution in [-0.2, 0) is 17.8 Å². The van der Waals surface area contributed by atoms with E-state index >= 15 is 0 Å². The fraction of sp³-hybridized carbons (Fsp3) is 0.286. The molecule has 1 aromatic carbocycles. The second kappa shape index (κ2) is 9.52. The van der Waals surface area contributed by atoms with Crippen LogP contribution in [0.25, 0.3) is 11.4 Å². The molecule has 6 heteroatoms. The van der Waals surface area contributed by atoms with Crippen LogP contribution in [0.15, 0.2) is 54.9 Å². The number of aromatic amines is 1. The lowest BCUT2D eigenvalue weighted by atomic mass is 10.1. The Bertz CT molecular complexity index is 845. The van der Waals surface area contributed by atoms with Gasteiger partial charge in [-0.2, -0.15) is 5.10 Å². The first kappa shape index (κ1) is 18.6. The third-order valence-electron chi connectivity index (χ3n) is 4.12. The topological polar surface area (TPSA) is 79.9 Å². The van der Waals surface area contributed by atoms with E-state index in [0.29, 0.717) is 18.8 Å². The Morgan fingerprint density at radius 1 is 1.19 bits per heavy atom. The summed E-state index contributed by atoms with van der Waals surface area (Å²) in [6, 6.07) is 13.8. The third-order valence-corrected chi connectivity index (χ3v) is 4.12. The Morgan fingerprint density at radius 3 is 2.81 bits per heavy atom. The van der Waals surface area contributed by atoms with Crippen molar-refractivity contribution in [3.8, 4) is 17.1 Å². The summed E-state index contributed by atoms with van der Waals surface area (Å²) in [5, 5.41) is 9.71. The van der Waals surface area contributed by atoms with E-state index in [2.05, 4.69) is 26.6 Å². The Balaban J connectivity index is 1.51. The molecule has 0 unspecified atom stereocenters. The van der Waals surface area contributed by atoms with Crippen molar-refractivity contribution < 1.29 is 9.53 Å². The maximum Gasteiger partial charge on any atom is 0.220 e. The van der Waals surface area contributed by atoms with Gasteiger partial charge >= 0.3 is 0 Å². The summed E-state index contributed by atoms with van der Waals surface area (Å²) in [4.78, 5) is 16.1. The van der Waals surface area contributed by atoms with Crippen molar-refractivity contribution in [1.82, 2.24) is 20.5 Å². The summed E-state index contributed by atoms with van der Waals surface area (Å²) in [5.74, 6) is 0.810. The Morgan fingerprint density at radius 2 is 2.07 bits per heavy atom. The van der Waals surface area contributed by atoms with Crippen molar-refractivity contribution in [2.75, 3.05) is 6.54 Å². The van der Waals surface area contributed by atoms with Crippen LogP contribution in [0.3, 0.4) is 0 Å². The summed E-state index contributed by atoms with van der Waals surface area (Å²) >= 11 is 0. The SMILES string of the molecule is CCCNC(=O)CCc1cccc(COc2ccc(-c3ccn[nH]3)nc2)c1. The molecule has 3 aromatic rings. The number of aryl methyl sites for hydroxylation is 1. The number of aromatic nitrogens is 3. The molecule has 6 nitrogen and oxygen atoms in total. The van der Waals surface area contributed by atoms with Crippen LogP contribution in [0.2, 0.25) is 0 Å². The highest BCUT2D eigenvalue weighted by Crippen LogP contribution is 2.18. The molecule has 0 aliphatic heterocycles. The number of carbonyl (C=O) groups excluding carboxylic acids is 1. The van der Waals surface area contributed by atoms with E-state index in [1.54, 1.807) is 12.4 Å². The second-order valence-corrected chi connectivity index (χ2v) is 6.31. The zero-order valence-electron chi connectivity index (χ0n) is 15.4. The minimum atomic E-state index is 0.0990. The highest BCUT2D eigenvalue weighted by atomic mass is 16.5. The van der Waals surface area contributed by atoms with Gasteiger partial charge < -0.3 is 10.1 Å². The lowest BCUT2D eigenvalue weighted by Gasteiger charge is -2.08. The first-order chi connectivity index (χ1) is 13.2. The zero-order valence-corrected chi connectivity index (χ0v) is 15.4. The Labute approximate surface area is 159 Å². The van der Waals surface area contributed by atoms with Crippen molar-refractivity contribution in [2.24, 2.45) is 0 Å². The van der Waals surface area contributed by atoms with Crippen LogP contribution in [0.4, 0.5) is 0 Å². The van der Waals surface area contributed by atoms with E-state index in [-0.39, 0.29) is 5.91 Å². The molecule has 0 fully saturated rings. The summed E-state index contributed by atoms with van der Waals surface area (Å²) in [7, 11) is 0. The number of rotatable bonds is 9. The van der Waals surface area contributed by atoms with Crippen LogP contribution in [0, 0.1) is 0 Å². The van der Waals surface area contributed by atoms with Crippen LogP contribution >= 0.6 is 0 Å². The van der Waals surface area contributed by atoms with Crippen LogP contribution < -0.4 is 10.1 Å². The van der Waals surface area contributed by atoms with E-state index in [1.807, 2.05) is 43.3 Å². The van der Waals surface area contributed by atoms with E-state index in [0.717, 1.165) is 41.9 Å². The van der Waals surface area contributed by atoms with Crippen molar-refractivity contribution in [3.63, 3.8) is 0 Å². The molecule has 3 rings (SSSR count). The monoisotopic (exact) mass is 364 g/mol. The number of nitrogens with zero attached hydrogens (tertiary/aromatic N) is 2. The molecule has 0 radical (unpaired) electrons. The van der Waals surface area contributed by atoms with Gasteiger partial charge in [0.25, 0.3) is 0 Å². The average Bonchev–Trinajstić information content (AvgIpc) is 3.25. The summed E-state index contributed by atoms with van der Waals surface area (Å²) < 4.78 is 5.83. The highest BCUT2D eigenvalue weighted by Gasteiger charge is 2.04. The van der Waals surface area contributed by atoms with Gasteiger partial charge in [0.2, 0.25) is 5.91 Å². The molecule has 2 heterocycles. The number of H-pyrrole nitrogens is 1. The van der Waals surface area contributed by atoms with Gasteiger partial charge in [0.05, 0.1) is 17.6 Å². The minimum Gasteiger partial charge on any atom is -0.487 e. The van der Waals surface area contributed by atoms with Gasteiger partial charge in [-0.05, 0) is 42.2 Å². The summed E-state index contributed by atoms with van der Waals surface area (Å²) in [5.41, 5.74) is 3.90. The number of nitrogens with one attached hydrogen (secondary N) is 2. The maximum absolute atomic E-state index is 11.7. The van der Waals surface area contributed by atoms with E-state index in [9.17, 15) is 4.79 Å². The van der Waals surface area contributed by atoms with E-state index in [1.165, 1.54) is 0 Å². The number of pyridine rings is 1. The van der Waals surface area contributed by atoms with Gasteiger partial charge in [0, 0.05) is 19.2 Å². The number of hydrogen-bond acceptors (Lipinski definition) is 4. The normalized spacial score (nSPS) is 10.6. The van der Waals surface area contributed by atoms with Crippen molar-refractivity contribution in [3.05, 3.63) is 66.0 Å². The van der Waals surface area contributed by atoms with Crippen molar-refractivity contribution in [2.45, 2.75) is 32.8 Å². The molecule has 140 valence electrons. The lowest BCUT2D eigenvalue weighted by Crippen LogP contribution is -2.24. The predicted molar refractivity (Wildman–Crippen MR) is 104 cm³/mol. The summed E-state index contributed by atoms with van der Waals surface area (Å²) in [6.07, 6.45) is 5.59. The molecule has 0 atom stereocenters. The minimum absolute atomic E-state index is 0.0990. The zero-order chi connectivity index (χ0) is 18.9. The molecule has 2 N–H and O–H groups in total.